The summed E-state index contributed by atoms with van der Waals surface area (Å²) in [5.41, 5.74) is 4.41. The third-order valence-corrected chi connectivity index (χ3v) is 4.31. The lowest BCUT2D eigenvalue weighted by Gasteiger charge is -2.10. The maximum absolute atomic E-state index is 12.0. The van der Waals surface area contributed by atoms with E-state index in [4.69, 9.17) is 14.2 Å². The van der Waals surface area contributed by atoms with Crippen LogP contribution in [-0.4, -0.2) is 42.5 Å². The molecule has 0 radical (unpaired) electrons. The standard InChI is InChI=1S/C20H21BrN4O5/c1-4-29-17-7-13(6-16(21)19(17)27)9-23-25-18(26)11-30-20-15(8-22)14(10-28-3)5-12(2)24-20/h5-7,9,27H,4,10-11H2,1-3H3,(H,25,26)/b23-9-. The number of halogens is 1. The topological polar surface area (TPSA) is 126 Å². The van der Waals surface area contributed by atoms with Gasteiger partial charge in [0, 0.05) is 18.4 Å². The van der Waals surface area contributed by atoms with E-state index in [1.165, 1.54) is 13.3 Å². The fourth-order valence-electron chi connectivity index (χ4n) is 2.48. The van der Waals surface area contributed by atoms with Crippen molar-refractivity contribution in [2.24, 2.45) is 5.10 Å². The van der Waals surface area contributed by atoms with Gasteiger partial charge in [-0.15, -0.1) is 0 Å². The first kappa shape index (κ1) is 23.1. The fourth-order valence-corrected chi connectivity index (χ4v) is 2.94. The summed E-state index contributed by atoms with van der Waals surface area (Å²) >= 11 is 3.23. The number of nitriles is 1. The molecule has 2 aromatic rings. The summed E-state index contributed by atoms with van der Waals surface area (Å²) in [4.78, 5) is 16.2. The van der Waals surface area contributed by atoms with Gasteiger partial charge >= 0.3 is 0 Å². The Morgan fingerprint density at radius 3 is 2.83 bits per heavy atom. The van der Waals surface area contributed by atoms with Gasteiger partial charge in [0.1, 0.15) is 11.6 Å². The molecule has 0 aliphatic rings. The zero-order valence-electron chi connectivity index (χ0n) is 16.7. The summed E-state index contributed by atoms with van der Waals surface area (Å²) in [6, 6.07) is 6.96. The molecular weight excluding hydrogens is 456 g/mol. The molecule has 1 aromatic carbocycles. The van der Waals surface area contributed by atoms with Gasteiger partial charge < -0.3 is 19.3 Å². The van der Waals surface area contributed by atoms with E-state index < -0.39 is 5.91 Å². The number of rotatable bonds is 9. The normalized spacial score (nSPS) is 10.6. The summed E-state index contributed by atoms with van der Waals surface area (Å²) in [5, 5.41) is 23.2. The zero-order chi connectivity index (χ0) is 22.1. The monoisotopic (exact) mass is 476 g/mol. The minimum Gasteiger partial charge on any atom is -0.503 e. The molecule has 0 bridgehead atoms. The second kappa shape index (κ2) is 11.1. The van der Waals surface area contributed by atoms with Crippen LogP contribution in [0.4, 0.5) is 0 Å². The Balaban J connectivity index is 2.02. The number of nitrogens with one attached hydrogen (secondary N) is 1. The Hall–Kier alpha value is -3.16. The number of carbonyl (C=O) groups is 1. The molecule has 1 amide bonds. The molecule has 0 atom stereocenters. The van der Waals surface area contributed by atoms with Crippen molar-refractivity contribution < 1.29 is 24.1 Å². The lowest BCUT2D eigenvalue weighted by Crippen LogP contribution is -2.25. The zero-order valence-corrected chi connectivity index (χ0v) is 18.3. The number of pyridine rings is 1. The highest BCUT2D eigenvalue weighted by Gasteiger charge is 2.14. The minimum atomic E-state index is -0.533. The first-order chi connectivity index (χ1) is 14.4. The molecule has 30 heavy (non-hydrogen) atoms. The number of hydrazone groups is 1. The number of hydrogen-bond acceptors (Lipinski definition) is 8. The van der Waals surface area contributed by atoms with Gasteiger partial charge in [0.15, 0.2) is 18.1 Å². The van der Waals surface area contributed by atoms with Gasteiger partial charge in [-0.3, -0.25) is 4.79 Å². The van der Waals surface area contributed by atoms with E-state index in [9.17, 15) is 15.2 Å². The van der Waals surface area contributed by atoms with E-state index in [1.807, 2.05) is 6.07 Å². The number of nitrogens with zero attached hydrogens (tertiary/aromatic N) is 3. The van der Waals surface area contributed by atoms with Crippen molar-refractivity contribution in [1.29, 1.82) is 5.26 Å². The summed E-state index contributed by atoms with van der Waals surface area (Å²) in [6.45, 7) is 3.79. The number of aryl methyl sites for hydroxylation is 1. The molecule has 0 unspecified atom stereocenters. The summed E-state index contributed by atoms with van der Waals surface area (Å²) in [7, 11) is 1.52. The number of methoxy groups -OCH3 is 1. The van der Waals surface area contributed by atoms with Crippen LogP contribution < -0.4 is 14.9 Å². The number of phenolic OH excluding ortho intramolecular Hbond substituents is 1. The van der Waals surface area contributed by atoms with Crippen molar-refractivity contribution >= 4 is 28.1 Å². The van der Waals surface area contributed by atoms with Crippen molar-refractivity contribution in [3.8, 4) is 23.4 Å². The van der Waals surface area contributed by atoms with Gasteiger partial charge in [-0.05, 0) is 53.5 Å². The van der Waals surface area contributed by atoms with Crippen LogP contribution in [0, 0.1) is 18.3 Å². The van der Waals surface area contributed by atoms with E-state index in [2.05, 4.69) is 31.4 Å². The molecule has 0 saturated carbocycles. The van der Waals surface area contributed by atoms with Crippen LogP contribution in [0.5, 0.6) is 17.4 Å². The summed E-state index contributed by atoms with van der Waals surface area (Å²) in [6.07, 6.45) is 1.40. The number of phenols is 1. The van der Waals surface area contributed by atoms with E-state index >= 15 is 0 Å². The van der Waals surface area contributed by atoms with Gasteiger partial charge in [-0.25, -0.2) is 10.4 Å². The molecular formula is C20H21BrN4O5. The lowest BCUT2D eigenvalue weighted by molar-refractivity contribution is -0.123. The summed E-state index contributed by atoms with van der Waals surface area (Å²) < 4.78 is 16.3. The quantitative estimate of drug-likeness (QED) is 0.420. The van der Waals surface area contributed by atoms with E-state index in [0.29, 0.717) is 33.6 Å². The van der Waals surface area contributed by atoms with Crippen LogP contribution in [0.25, 0.3) is 0 Å². The molecule has 0 spiro atoms. The van der Waals surface area contributed by atoms with Gasteiger partial charge in [0.25, 0.3) is 5.91 Å². The predicted molar refractivity (Wildman–Crippen MR) is 113 cm³/mol. The first-order valence-corrected chi connectivity index (χ1v) is 9.68. The highest BCUT2D eigenvalue weighted by Crippen LogP contribution is 2.35. The number of aromatic nitrogens is 1. The fraction of sp³-hybridized carbons (Fsp3) is 0.300. The van der Waals surface area contributed by atoms with Gasteiger partial charge in [0.05, 0.1) is 23.9 Å². The number of aromatic hydroxyl groups is 1. The second-order valence-electron chi connectivity index (χ2n) is 6.01. The van der Waals surface area contributed by atoms with Crippen molar-refractivity contribution in [3.63, 3.8) is 0 Å². The van der Waals surface area contributed by atoms with Gasteiger partial charge in [0.2, 0.25) is 5.88 Å². The van der Waals surface area contributed by atoms with E-state index in [1.54, 1.807) is 32.0 Å². The third kappa shape index (κ3) is 6.17. The van der Waals surface area contributed by atoms with Crippen LogP contribution in [0.1, 0.15) is 29.3 Å². The number of ether oxygens (including phenoxy) is 3. The number of benzene rings is 1. The Labute approximate surface area is 182 Å². The maximum Gasteiger partial charge on any atom is 0.278 e. The van der Waals surface area contributed by atoms with Crippen LogP contribution >= 0.6 is 15.9 Å². The van der Waals surface area contributed by atoms with E-state index in [0.717, 1.165) is 0 Å². The SMILES string of the molecule is CCOc1cc(/C=N\NC(=O)COc2nc(C)cc(COC)c2C#N)cc(Br)c1O. The highest BCUT2D eigenvalue weighted by molar-refractivity contribution is 9.10. The van der Waals surface area contributed by atoms with Crippen molar-refractivity contribution in [2.45, 2.75) is 20.5 Å². The molecule has 1 aromatic heterocycles. The van der Waals surface area contributed by atoms with Crippen LogP contribution in [-0.2, 0) is 16.1 Å². The van der Waals surface area contributed by atoms with Gasteiger partial charge in [-0.1, -0.05) is 0 Å². The number of hydrogen-bond donors (Lipinski definition) is 2. The van der Waals surface area contributed by atoms with Crippen molar-refractivity contribution in [3.05, 3.63) is 45.1 Å². The van der Waals surface area contributed by atoms with Crippen molar-refractivity contribution in [1.82, 2.24) is 10.4 Å². The average molecular weight is 477 g/mol. The Kier molecular flexibility index (Phi) is 8.58. The highest BCUT2D eigenvalue weighted by atomic mass is 79.9. The molecule has 0 fully saturated rings. The van der Waals surface area contributed by atoms with Gasteiger partial charge in [-0.2, -0.15) is 10.4 Å². The second-order valence-corrected chi connectivity index (χ2v) is 6.87. The molecule has 0 saturated heterocycles. The lowest BCUT2D eigenvalue weighted by atomic mass is 10.1. The summed E-state index contributed by atoms with van der Waals surface area (Å²) in [5.74, 6) is -0.190. The third-order valence-electron chi connectivity index (χ3n) is 3.70. The molecule has 9 nitrogen and oxygen atoms in total. The Bertz CT molecular complexity index is 988. The largest absolute Gasteiger partial charge is 0.503 e. The molecule has 0 aliphatic heterocycles. The average Bonchev–Trinajstić information content (AvgIpc) is 2.70. The van der Waals surface area contributed by atoms with E-state index in [-0.39, 0.29) is 30.4 Å². The van der Waals surface area contributed by atoms with Crippen molar-refractivity contribution in [2.75, 3.05) is 20.3 Å². The van der Waals surface area contributed by atoms with Crippen LogP contribution in [0.2, 0.25) is 0 Å². The molecule has 0 aliphatic carbocycles. The number of amides is 1. The molecule has 2 N–H and O–H groups in total. The Morgan fingerprint density at radius 1 is 1.40 bits per heavy atom. The molecule has 2 rings (SSSR count). The van der Waals surface area contributed by atoms with Crippen LogP contribution in [0.15, 0.2) is 27.8 Å². The maximum atomic E-state index is 12.0. The first-order valence-electron chi connectivity index (χ1n) is 8.89. The molecule has 158 valence electrons. The number of carbonyl (C=O) groups excluding carboxylic acids is 1. The molecule has 10 heteroatoms. The smallest absolute Gasteiger partial charge is 0.278 e. The predicted octanol–water partition coefficient (Wildman–Crippen LogP) is 2.80. The Morgan fingerprint density at radius 2 is 2.17 bits per heavy atom. The minimum absolute atomic E-state index is 0.0155. The van der Waals surface area contributed by atoms with Crippen LogP contribution in [0.3, 0.4) is 0 Å². The molecule has 1 heterocycles.